The van der Waals surface area contributed by atoms with E-state index in [0.29, 0.717) is 5.41 Å². The molecule has 0 saturated carbocycles. The third kappa shape index (κ3) is 11.8. The monoisotopic (exact) mass is 534 g/mol. The van der Waals surface area contributed by atoms with E-state index >= 15 is 0 Å². The summed E-state index contributed by atoms with van der Waals surface area (Å²) in [6, 6.07) is 13.9. The molecule has 1 heterocycles. The minimum Gasteiger partial charge on any atom is -0.357 e. The van der Waals surface area contributed by atoms with Crippen LogP contribution in [0.15, 0.2) is 62.2 Å². The number of anilines is 1. The quantitative estimate of drug-likeness (QED) is 0.264. The highest BCUT2D eigenvalue weighted by Crippen LogP contribution is 2.32. The Hall–Kier alpha value is -2.32. The Balaban J connectivity index is 0.00000225. The molecule has 1 aliphatic rings. The molecule has 0 aliphatic carbocycles. The van der Waals surface area contributed by atoms with E-state index in [1.165, 1.54) is 47.2 Å². The highest BCUT2D eigenvalue weighted by Gasteiger charge is 2.23. The van der Waals surface area contributed by atoms with Gasteiger partial charge in [0.25, 0.3) is 0 Å². The van der Waals surface area contributed by atoms with Gasteiger partial charge in [-0.05, 0) is 91.2 Å². The van der Waals surface area contributed by atoms with Gasteiger partial charge in [-0.1, -0.05) is 91.8 Å². The highest BCUT2D eigenvalue weighted by atomic mass is 15.4. The number of hydrogen-bond acceptors (Lipinski definition) is 2. The first-order chi connectivity index (χ1) is 18.7. The molecule has 2 aromatic rings. The van der Waals surface area contributed by atoms with Crippen LogP contribution in [0, 0.1) is 25.2 Å². The summed E-state index contributed by atoms with van der Waals surface area (Å²) < 4.78 is 0. The fourth-order valence-corrected chi connectivity index (χ4v) is 4.84. The second-order valence-electron chi connectivity index (χ2n) is 11.1. The molecule has 0 aromatic heterocycles. The first-order valence-corrected chi connectivity index (χ1v) is 15.5. The van der Waals surface area contributed by atoms with Gasteiger partial charge in [-0.2, -0.15) is 0 Å². The van der Waals surface area contributed by atoms with E-state index in [1.54, 1.807) is 5.56 Å². The van der Waals surface area contributed by atoms with Crippen LogP contribution in [-0.2, 0) is 19.4 Å². The smallest absolute Gasteiger partial charge is 0.0711 e. The zero-order valence-electron chi connectivity index (χ0n) is 27.5. The Labute approximate surface area is 244 Å². The van der Waals surface area contributed by atoms with Crippen LogP contribution in [0.4, 0.5) is 5.69 Å². The minimum atomic E-state index is 0.409. The molecule has 1 saturated heterocycles. The summed E-state index contributed by atoms with van der Waals surface area (Å²) in [6.07, 6.45) is 7.95. The van der Waals surface area contributed by atoms with Crippen molar-refractivity contribution in [2.45, 2.75) is 108 Å². The Morgan fingerprint density at radius 1 is 0.923 bits per heavy atom. The van der Waals surface area contributed by atoms with E-state index < -0.39 is 0 Å². The van der Waals surface area contributed by atoms with Crippen molar-refractivity contribution in [2.75, 3.05) is 24.7 Å². The van der Waals surface area contributed by atoms with Gasteiger partial charge in [0.2, 0.25) is 0 Å². The van der Waals surface area contributed by atoms with Crippen LogP contribution in [0.2, 0.25) is 0 Å². The number of allylic oxidation sites excluding steroid dienone is 1. The summed E-state index contributed by atoms with van der Waals surface area (Å²) in [6.45, 7) is 36.2. The molecule has 2 nitrogen and oxygen atoms in total. The van der Waals surface area contributed by atoms with Crippen molar-refractivity contribution in [1.29, 1.82) is 0 Å². The summed E-state index contributed by atoms with van der Waals surface area (Å²) in [4.78, 5) is 5.13. The van der Waals surface area contributed by atoms with Crippen LogP contribution in [-0.4, -0.2) is 24.7 Å². The molecule has 1 aliphatic heterocycles. The second-order valence-corrected chi connectivity index (χ2v) is 11.1. The Morgan fingerprint density at radius 2 is 1.59 bits per heavy atom. The van der Waals surface area contributed by atoms with E-state index in [9.17, 15) is 0 Å². The molecule has 0 radical (unpaired) electrons. The third-order valence-electron chi connectivity index (χ3n) is 8.10. The normalized spacial score (nSPS) is 13.1. The zero-order valence-corrected chi connectivity index (χ0v) is 27.5. The summed E-state index contributed by atoms with van der Waals surface area (Å²) in [5.41, 5.74) is 9.12. The van der Waals surface area contributed by atoms with Crippen molar-refractivity contribution in [1.82, 2.24) is 4.90 Å². The molecule has 39 heavy (non-hydrogen) atoms. The van der Waals surface area contributed by atoms with Gasteiger partial charge in [0.1, 0.15) is 0 Å². The predicted molar refractivity (Wildman–Crippen MR) is 179 cm³/mol. The first-order valence-electron chi connectivity index (χ1n) is 15.5. The van der Waals surface area contributed by atoms with Gasteiger partial charge in [0, 0.05) is 25.3 Å². The highest BCUT2D eigenvalue weighted by molar-refractivity contribution is 5.56. The van der Waals surface area contributed by atoms with Gasteiger partial charge in [0.05, 0.1) is 6.67 Å². The van der Waals surface area contributed by atoms with Gasteiger partial charge in [-0.25, -0.2) is 0 Å². The molecule has 0 atom stereocenters. The topological polar surface area (TPSA) is 6.48 Å². The van der Waals surface area contributed by atoms with E-state index in [4.69, 9.17) is 0 Å². The van der Waals surface area contributed by atoms with Crippen LogP contribution in [0.25, 0.3) is 0 Å². The van der Waals surface area contributed by atoms with E-state index in [0.717, 1.165) is 45.1 Å². The Bertz CT molecular complexity index is 940. The van der Waals surface area contributed by atoms with Crippen LogP contribution in [0.1, 0.15) is 102 Å². The lowest BCUT2D eigenvalue weighted by Gasteiger charge is -2.29. The Morgan fingerprint density at radius 3 is 2.21 bits per heavy atom. The molecule has 2 aromatic carbocycles. The van der Waals surface area contributed by atoms with Gasteiger partial charge in [0.15, 0.2) is 0 Å². The lowest BCUT2D eigenvalue weighted by Crippen LogP contribution is -2.25. The molecule has 1 fully saturated rings. The molecular weight excluding hydrogens is 472 g/mol. The van der Waals surface area contributed by atoms with Gasteiger partial charge < -0.3 is 4.90 Å². The molecular formula is C37H62N2. The number of nitrogens with zero attached hydrogens (tertiary/aromatic N) is 2. The Kier molecular flexibility index (Phi) is 18.5. The third-order valence-corrected chi connectivity index (χ3v) is 8.10. The second kappa shape index (κ2) is 19.7. The van der Waals surface area contributed by atoms with Crippen LogP contribution in [0.5, 0.6) is 0 Å². The van der Waals surface area contributed by atoms with Crippen molar-refractivity contribution in [2.24, 2.45) is 11.3 Å². The van der Waals surface area contributed by atoms with E-state index in [-0.39, 0.29) is 0 Å². The number of hydrogen-bond donors (Lipinski definition) is 0. The number of benzene rings is 2. The summed E-state index contributed by atoms with van der Waals surface area (Å²) in [5, 5.41) is 0. The molecule has 220 valence electrons. The zero-order chi connectivity index (χ0) is 30.0. The van der Waals surface area contributed by atoms with E-state index in [1.807, 2.05) is 33.8 Å². The maximum absolute atomic E-state index is 3.94. The number of rotatable bonds is 11. The van der Waals surface area contributed by atoms with Crippen LogP contribution >= 0.6 is 0 Å². The van der Waals surface area contributed by atoms with Crippen LogP contribution in [0.3, 0.4) is 0 Å². The molecule has 2 heteroatoms. The fraction of sp³-hybridized carbons (Fsp3) is 0.568. The van der Waals surface area contributed by atoms with Gasteiger partial charge in [-0.3, -0.25) is 4.90 Å². The van der Waals surface area contributed by atoms with Crippen molar-refractivity contribution >= 4 is 5.69 Å². The van der Waals surface area contributed by atoms with Gasteiger partial charge in [-0.15, -0.1) is 19.7 Å². The summed E-state index contributed by atoms with van der Waals surface area (Å²) >= 11 is 0. The lowest BCUT2D eigenvalue weighted by atomic mass is 9.77. The van der Waals surface area contributed by atoms with Gasteiger partial charge >= 0.3 is 0 Å². The van der Waals surface area contributed by atoms with Crippen molar-refractivity contribution in [3.63, 3.8) is 0 Å². The van der Waals surface area contributed by atoms with Crippen molar-refractivity contribution in [3.05, 3.63) is 90.0 Å². The average molecular weight is 535 g/mol. The molecule has 0 unspecified atom stereocenters. The summed E-state index contributed by atoms with van der Waals surface area (Å²) in [7, 11) is 0. The van der Waals surface area contributed by atoms with E-state index in [2.05, 4.69) is 107 Å². The number of aryl methyl sites for hydroxylation is 3. The van der Waals surface area contributed by atoms with Crippen molar-refractivity contribution < 1.29 is 0 Å². The molecule has 3 rings (SSSR count). The molecule has 0 amide bonds. The van der Waals surface area contributed by atoms with Crippen molar-refractivity contribution in [3.8, 4) is 0 Å². The maximum atomic E-state index is 3.94. The van der Waals surface area contributed by atoms with Crippen LogP contribution < -0.4 is 4.90 Å². The standard InChI is InChI=1S/C31H46N2.2C2H6.C2H4/c1-8-9-13-28-17-16-27(21-29(28)14-11-18-31(6,7)24(2)3)22-32-19-20-33(23-32)30-15-10-12-25(4)26(30)5;3*1-2/h8,10,12,15-17,21,24H,1,9,11,13-14,18-20,22-23H2,2-7H3;2*1-2H3;1-2H2. The predicted octanol–water partition coefficient (Wildman–Crippen LogP) is 10.6. The largest absolute Gasteiger partial charge is 0.357 e. The molecule has 0 N–H and O–H groups in total. The summed E-state index contributed by atoms with van der Waals surface area (Å²) in [5.74, 6) is 0.722. The minimum absolute atomic E-state index is 0.409. The molecule has 0 bridgehead atoms. The first kappa shape index (κ1) is 36.7. The lowest BCUT2D eigenvalue weighted by molar-refractivity contribution is 0.223. The average Bonchev–Trinajstić information content (AvgIpc) is 3.41. The maximum Gasteiger partial charge on any atom is 0.0711 e. The SMILES string of the molecule is C=C.C=CCCc1ccc(CN2CCN(c3cccc(C)c3C)C2)cc1CCCC(C)(C)C(C)C.CC.CC. The molecule has 0 spiro atoms. The fourth-order valence-electron chi connectivity index (χ4n) is 4.84.